The molecule has 0 radical (unpaired) electrons. The quantitative estimate of drug-likeness (QED) is 0.250. The average Bonchev–Trinajstić information content (AvgIpc) is 3.46. The Balaban J connectivity index is 1.48. The highest BCUT2D eigenvalue weighted by atomic mass is 32.1. The molecule has 0 fully saturated rings. The van der Waals surface area contributed by atoms with Crippen LogP contribution in [-0.2, 0) is 6.37 Å². The summed E-state index contributed by atoms with van der Waals surface area (Å²) in [5.74, 6) is 0. The van der Waals surface area contributed by atoms with Gasteiger partial charge in [-0.25, -0.2) is 0 Å². The first-order valence-corrected chi connectivity index (χ1v) is 12.7. The molecule has 3 heteroatoms. The van der Waals surface area contributed by atoms with Crippen LogP contribution in [0.5, 0.6) is 0 Å². The van der Waals surface area contributed by atoms with Crippen molar-refractivity contribution in [1.29, 1.82) is 0 Å². The molecule has 3 heterocycles. The predicted molar refractivity (Wildman–Crippen MR) is 151 cm³/mol. The van der Waals surface area contributed by atoms with E-state index in [1.165, 1.54) is 25.6 Å². The topological polar surface area (TPSA) is 26.0 Å². The van der Waals surface area contributed by atoms with Gasteiger partial charge in [0.05, 0.1) is 5.69 Å². The maximum atomic E-state index is 8.74. The van der Waals surface area contributed by atoms with Gasteiger partial charge < -0.3 is 4.42 Å². The number of aromatic nitrogens is 1. The van der Waals surface area contributed by atoms with E-state index in [2.05, 4.69) is 59.6 Å². The van der Waals surface area contributed by atoms with E-state index in [1.54, 1.807) is 12.3 Å². The highest BCUT2D eigenvalue weighted by molar-refractivity contribution is 7.26. The second-order valence-electron chi connectivity index (χ2n) is 10.2. The molecule has 0 saturated carbocycles. The summed E-state index contributed by atoms with van der Waals surface area (Å²) in [6, 6.07) is 27.1. The number of rotatable bonds is 2. The van der Waals surface area contributed by atoms with E-state index in [4.69, 9.17) is 7.16 Å². The minimum Gasteiger partial charge on any atom is -0.455 e. The Morgan fingerprint density at radius 1 is 0.771 bits per heavy atom. The maximum Gasteiger partial charge on any atom is 0.144 e. The molecule has 0 amide bonds. The van der Waals surface area contributed by atoms with Crippen molar-refractivity contribution in [2.75, 3.05) is 0 Å². The lowest BCUT2D eigenvalue weighted by molar-refractivity contribution is 0.411. The third-order valence-corrected chi connectivity index (χ3v) is 7.78. The number of furan rings is 1. The number of hydrogen-bond acceptors (Lipinski definition) is 3. The van der Waals surface area contributed by atoms with E-state index >= 15 is 0 Å². The van der Waals surface area contributed by atoms with Gasteiger partial charge in [0.25, 0.3) is 0 Å². The molecular weight excluding hydrogens is 446 g/mol. The van der Waals surface area contributed by atoms with E-state index in [0.717, 1.165) is 32.9 Å². The van der Waals surface area contributed by atoms with Crippen molar-refractivity contribution in [3.05, 3.63) is 90.6 Å². The molecule has 35 heavy (non-hydrogen) atoms. The van der Waals surface area contributed by atoms with Crippen LogP contribution in [-0.4, -0.2) is 4.98 Å². The van der Waals surface area contributed by atoms with E-state index < -0.39 is 11.8 Å². The Labute approximate surface area is 210 Å². The Kier molecular flexibility index (Phi) is 3.94. The van der Waals surface area contributed by atoms with Crippen LogP contribution in [0.3, 0.4) is 0 Å². The molecule has 0 aliphatic carbocycles. The molecule has 4 aromatic carbocycles. The van der Waals surface area contributed by atoms with Gasteiger partial charge in [-0.15, -0.1) is 11.3 Å². The Morgan fingerprint density at radius 2 is 1.46 bits per heavy atom. The molecule has 170 valence electrons. The molecular formula is C32H25NOS. The number of nitrogens with zero attached hydrogens (tertiary/aromatic N) is 1. The van der Waals surface area contributed by atoms with Crippen LogP contribution in [0.25, 0.3) is 64.1 Å². The number of hydrogen-bond donors (Lipinski definition) is 0. The van der Waals surface area contributed by atoms with Crippen LogP contribution in [0.15, 0.2) is 89.5 Å². The highest BCUT2D eigenvalue weighted by Crippen LogP contribution is 2.43. The summed E-state index contributed by atoms with van der Waals surface area (Å²) in [4.78, 5) is 4.63. The fraction of sp³-hybridized carbons (Fsp3) is 0.156. The highest BCUT2D eigenvalue weighted by Gasteiger charge is 2.18. The fourth-order valence-corrected chi connectivity index (χ4v) is 6.36. The lowest BCUT2D eigenvalue weighted by atomic mass is 9.88. The summed E-state index contributed by atoms with van der Waals surface area (Å²) in [6.07, 6.45) is 0.196. The molecule has 0 aliphatic heterocycles. The van der Waals surface area contributed by atoms with Crippen molar-refractivity contribution in [2.45, 2.75) is 27.1 Å². The minimum atomic E-state index is -1.50. The van der Waals surface area contributed by atoms with Gasteiger partial charge in [-0.1, -0.05) is 63.2 Å². The second kappa shape index (κ2) is 7.40. The lowest BCUT2D eigenvalue weighted by Crippen LogP contribution is -2.09. The molecule has 0 bridgehead atoms. The summed E-state index contributed by atoms with van der Waals surface area (Å²) in [7, 11) is 0. The van der Waals surface area contributed by atoms with Crippen LogP contribution in [0.4, 0.5) is 0 Å². The van der Waals surface area contributed by atoms with Gasteiger partial charge in [-0.05, 0) is 53.7 Å². The van der Waals surface area contributed by atoms with Crippen molar-refractivity contribution in [1.82, 2.24) is 4.98 Å². The predicted octanol–water partition coefficient (Wildman–Crippen LogP) is 9.76. The Hall–Kier alpha value is -3.69. The number of para-hydroxylation sites is 1. The zero-order valence-corrected chi connectivity index (χ0v) is 20.7. The molecule has 0 unspecified atom stereocenters. The number of pyridine rings is 1. The summed E-state index contributed by atoms with van der Waals surface area (Å²) >= 11 is 1.83. The molecule has 2 nitrogen and oxygen atoms in total. The number of thiophene rings is 1. The smallest absolute Gasteiger partial charge is 0.144 e. The summed E-state index contributed by atoms with van der Waals surface area (Å²) in [5, 5.41) is 6.98. The van der Waals surface area contributed by atoms with Crippen LogP contribution in [0.1, 0.15) is 29.1 Å². The van der Waals surface area contributed by atoms with Gasteiger partial charge in [-0.2, -0.15) is 0 Å². The van der Waals surface area contributed by atoms with Crippen LogP contribution in [0.2, 0.25) is 0 Å². The monoisotopic (exact) mass is 473 g/mol. The summed E-state index contributed by atoms with van der Waals surface area (Å²) < 4.78 is 26.7. The van der Waals surface area contributed by atoms with E-state index in [9.17, 15) is 0 Å². The normalized spacial score (nSPS) is 13.8. The first-order valence-electron chi connectivity index (χ1n) is 12.9. The first-order chi connectivity index (χ1) is 17.7. The number of benzene rings is 4. The minimum absolute atomic E-state index is 0.548. The Morgan fingerprint density at radius 3 is 2.29 bits per heavy atom. The van der Waals surface area contributed by atoms with Crippen molar-refractivity contribution in [2.24, 2.45) is 5.41 Å². The molecule has 3 aromatic heterocycles. The zero-order chi connectivity index (χ0) is 25.5. The zero-order valence-electron chi connectivity index (χ0n) is 21.8. The third kappa shape index (κ3) is 3.26. The maximum absolute atomic E-state index is 8.74. The molecule has 0 spiro atoms. The van der Waals surface area contributed by atoms with Crippen molar-refractivity contribution in [3.8, 4) is 11.3 Å². The second-order valence-corrected chi connectivity index (χ2v) is 11.2. The van der Waals surface area contributed by atoms with Gasteiger partial charge in [-0.3, -0.25) is 4.98 Å². The van der Waals surface area contributed by atoms with Crippen LogP contribution < -0.4 is 0 Å². The van der Waals surface area contributed by atoms with Crippen molar-refractivity contribution >= 4 is 64.2 Å². The van der Waals surface area contributed by atoms with Gasteiger partial charge >= 0.3 is 0 Å². The fourth-order valence-electron chi connectivity index (χ4n) is 5.13. The molecule has 7 rings (SSSR count). The first kappa shape index (κ1) is 18.6. The SMILES string of the molecule is [2H]C([2H])(c1ccnc(-c2cccc3c2oc2c3ccc3c2ccc2c4ccccc4sc23)c1)C(C)(C)C. The third-order valence-electron chi connectivity index (χ3n) is 6.56. The van der Waals surface area contributed by atoms with Gasteiger partial charge in [0, 0.05) is 56.2 Å². The molecule has 7 aromatic rings. The largest absolute Gasteiger partial charge is 0.455 e. The lowest BCUT2D eigenvalue weighted by Gasteiger charge is -2.18. The number of fused-ring (bicyclic) bond motifs is 9. The van der Waals surface area contributed by atoms with Crippen molar-refractivity contribution in [3.63, 3.8) is 0 Å². The van der Waals surface area contributed by atoms with Crippen LogP contribution in [0, 0.1) is 5.41 Å². The average molecular weight is 474 g/mol. The van der Waals surface area contributed by atoms with Crippen LogP contribution >= 0.6 is 11.3 Å². The standard InChI is InChI=1S/C32H25NOS/c1-32(2,3)18-19-15-16-33-27(17-19)26-9-6-8-21-22-11-14-25-23(29(22)34-30(21)26)12-13-24-20-7-4-5-10-28(20)35-31(24)25/h4-17H,18H2,1-3H3/i18D2. The Bertz CT molecular complexity index is 2010. The molecule has 0 N–H and O–H groups in total. The molecule has 0 saturated heterocycles. The van der Waals surface area contributed by atoms with Gasteiger partial charge in [0.2, 0.25) is 0 Å². The van der Waals surface area contributed by atoms with E-state index in [0.29, 0.717) is 11.3 Å². The van der Waals surface area contributed by atoms with Gasteiger partial charge in [0.15, 0.2) is 0 Å². The van der Waals surface area contributed by atoms with Crippen molar-refractivity contribution < 1.29 is 7.16 Å². The van der Waals surface area contributed by atoms with E-state index in [-0.39, 0.29) is 0 Å². The van der Waals surface area contributed by atoms with E-state index in [1.807, 2.05) is 50.3 Å². The summed E-state index contributed by atoms with van der Waals surface area (Å²) in [5.41, 5.74) is 3.31. The molecule has 0 atom stereocenters. The van der Waals surface area contributed by atoms with Gasteiger partial charge in [0.1, 0.15) is 11.2 Å². The summed E-state index contributed by atoms with van der Waals surface area (Å²) in [6.45, 7) is 5.77. The molecule has 0 aliphatic rings.